The number of nitrogens with zero attached hydrogens (tertiary/aromatic N) is 1. The van der Waals surface area contributed by atoms with Crippen molar-refractivity contribution in [3.63, 3.8) is 0 Å². The number of nitrogens with one attached hydrogen (secondary N) is 1. The normalized spacial score (nSPS) is 12.3. The van der Waals surface area contributed by atoms with E-state index in [0.717, 1.165) is 30.8 Å². The van der Waals surface area contributed by atoms with Gasteiger partial charge >= 0.3 is 0 Å². The maximum absolute atomic E-state index is 6.35. The number of hydrogen-bond acceptors (Lipinski definition) is 2. The van der Waals surface area contributed by atoms with Crippen molar-refractivity contribution in [2.24, 2.45) is 0 Å². The highest BCUT2D eigenvalue weighted by Gasteiger charge is 2.11. The number of pyridine rings is 1. The van der Waals surface area contributed by atoms with Crippen molar-refractivity contribution < 1.29 is 0 Å². The van der Waals surface area contributed by atoms with Gasteiger partial charge in [0.1, 0.15) is 0 Å². The molecule has 2 rings (SSSR count). The van der Waals surface area contributed by atoms with Gasteiger partial charge < -0.3 is 5.32 Å². The molecule has 1 aromatic heterocycles. The molecule has 2 nitrogen and oxygen atoms in total. The predicted octanol–water partition coefficient (Wildman–Crippen LogP) is 4.20. The van der Waals surface area contributed by atoms with Crippen molar-refractivity contribution in [1.29, 1.82) is 0 Å². The predicted molar refractivity (Wildman–Crippen MR) is 89.9 cm³/mol. The minimum Gasteiger partial charge on any atom is -0.314 e. The number of aromatic nitrogens is 1. The molecule has 21 heavy (non-hydrogen) atoms. The maximum atomic E-state index is 6.35. The van der Waals surface area contributed by atoms with E-state index in [-0.39, 0.29) is 0 Å². The Morgan fingerprint density at radius 3 is 2.62 bits per heavy atom. The molecule has 2 aromatic rings. The van der Waals surface area contributed by atoms with Gasteiger partial charge in [0.15, 0.2) is 0 Å². The highest BCUT2D eigenvalue weighted by atomic mass is 35.5. The summed E-state index contributed by atoms with van der Waals surface area (Å²) in [5.41, 5.74) is 3.77. The van der Waals surface area contributed by atoms with Crippen molar-refractivity contribution in [3.8, 4) is 0 Å². The zero-order valence-electron chi connectivity index (χ0n) is 12.8. The monoisotopic (exact) mass is 302 g/mol. The quantitative estimate of drug-likeness (QED) is 0.829. The van der Waals surface area contributed by atoms with Gasteiger partial charge in [-0.2, -0.15) is 0 Å². The first-order valence-electron chi connectivity index (χ1n) is 7.56. The molecule has 0 saturated carbocycles. The standard InChI is InChI=1S/C18H23ClN2/c1-3-21-17(7-5-15-8-10-20-11-9-15)13-16-6-4-14(2)12-18(16)19/h4,6,8-12,17,21H,3,5,7,13H2,1-2H3. The first-order chi connectivity index (χ1) is 10.2. The molecule has 1 atom stereocenters. The Morgan fingerprint density at radius 2 is 1.95 bits per heavy atom. The lowest BCUT2D eigenvalue weighted by Gasteiger charge is -2.19. The van der Waals surface area contributed by atoms with Gasteiger partial charge in [0.2, 0.25) is 0 Å². The lowest BCUT2D eigenvalue weighted by atomic mass is 9.98. The van der Waals surface area contributed by atoms with E-state index in [1.165, 1.54) is 16.7 Å². The highest BCUT2D eigenvalue weighted by Crippen LogP contribution is 2.20. The summed E-state index contributed by atoms with van der Waals surface area (Å²) in [6, 6.07) is 10.9. The van der Waals surface area contributed by atoms with Gasteiger partial charge in [0.25, 0.3) is 0 Å². The molecule has 1 heterocycles. The summed E-state index contributed by atoms with van der Waals surface area (Å²) in [6.45, 7) is 5.20. The van der Waals surface area contributed by atoms with Crippen molar-refractivity contribution in [2.75, 3.05) is 6.54 Å². The third-order valence-electron chi connectivity index (χ3n) is 3.70. The van der Waals surface area contributed by atoms with Crippen molar-refractivity contribution in [3.05, 3.63) is 64.4 Å². The molecule has 1 N–H and O–H groups in total. The van der Waals surface area contributed by atoms with Crippen LogP contribution in [0.3, 0.4) is 0 Å². The van der Waals surface area contributed by atoms with Crippen molar-refractivity contribution in [1.82, 2.24) is 10.3 Å². The molecular formula is C18H23ClN2. The molecule has 0 spiro atoms. The molecule has 0 aliphatic heterocycles. The summed E-state index contributed by atoms with van der Waals surface area (Å²) in [5.74, 6) is 0. The van der Waals surface area contributed by atoms with Crippen LogP contribution in [0.1, 0.15) is 30.0 Å². The fourth-order valence-electron chi connectivity index (χ4n) is 2.54. The Balaban J connectivity index is 1.98. The van der Waals surface area contributed by atoms with E-state index < -0.39 is 0 Å². The van der Waals surface area contributed by atoms with Crippen molar-refractivity contribution in [2.45, 2.75) is 39.2 Å². The van der Waals surface area contributed by atoms with Gasteiger partial charge in [0, 0.05) is 23.5 Å². The van der Waals surface area contributed by atoms with Crippen LogP contribution in [0, 0.1) is 6.92 Å². The first kappa shape index (κ1) is 16.0. The summed E-state index contributed by atoms with van der Waals surface area (Å²) >= 11 is 6.35. The van der Waals surface area contributed by atoms with E-state index in [2.05, 4.69) is 48.4 Å². The van der Waals surface area contributed by atoms with E-state index in [1.807, 2.05) is 18.5 Å². The van der Waals surface area contributed by atoms with Crippen LogP contribution in [0.2, 0.25) is 5.02 Å². The molecule has 112 valence electrons. The van der Waals surface area contributed by atoms with E-state index in [1.54, 1.807) is 0 Å². The SMILES string of the molecule is CCNC(CCc1ccncc1)Cc1ccc(C)cc1Cl. The van der Waals surface area contributed by atoms with Gasteiger partial charge in [-0.15, -0.1) is 0 Å². The van der Waals surface area contributed by atoms with E-state index >= 15 is 0 Å². The third-order valence-corrected chi connectivity index (χ3v) is 4.05. The van der Waals surface area contributed by atoms with Crippen LogP contribution in [0.25, 0.3) is 0 Å². The second-order valence-corrected chi connectivity index (χ2v) is 5.85. The van der Waals surface area contributed by atoms with Gasteiger partial charge in [-0.3, -0.25) is 4.98 Å². The Labute approximate surface area is 132 Å². The van der Waals surface area contributed by atoms with Crippen LogP contribution in [0.15, 0.2) is 42.7 Å². The number of benzene rings is 1. The molecule has 0 saturated heterocycles. The largest absolute Gasteiger partial charge is 0.314 e. The lowest BCUT2D eigenvalue weighted by Crippen LogP contribution is -2.31. The van der Waals surface area contributed by atoms with Gasteiger partial charge in [-0.05, 0) is 67.6 Å². The molecule has 0 aliphatic carbocycles. The van der Waals surface area contributed by atoms with Gasteiger partial charge in [-0.1, -0.05) is 30.7 Å². The van der Waals surface area contributed by atoms with Crippen LogP contribution >= 0.6 is 11.6 Å². The number of rotatable bonds is 7. The highest BCUT2D eigenvalue weighted by molar-refractivity contribution is 6.31. The van der Waals surface area contributed by atoms with E-state index in [9.17, 15) is 0 Å². The Hall–Kier alpha value is -1.38. The second-order valence-electron chi connectivity index (χ2n) is 5.45. The fourth-order valence-corrected chi connectivity index (χ4v) is 2.85. The minimum atomic E-state index is 0.448. The molecule has 3 heteroatoms. The smallest absolute Gasteiger partial charge is 0.0441 e. The summed E-state index contributed by atoms with van der Waals surface area (Å²) in [6.07, 6.45) is 6.84. The molecule has 0 amide bonds. The topological polar surface area (TPSA) is 24.9 Å². The second kappa shape index (κ2) is 8.16. The van der Waals surface area contributed by atoms with Gasteiger partial charge in [-0.25, -0.2) is 0 Å². The zero-order valence-corrected chi connectivity index (χ0v) is 13.5. The summed E-state index contributed by atoms with van der Waals surface area (Å²) in [4.78, 5) is 4.06. The summed E-state index contributed by atoms with van der Waals surface area (Å²) in [5, 5.41) is 4.45. The fraction of sp³-hybridized carbons (Fsp3) is 0.389. The number of likely N-dealkylation sites (N-methyl/N-ethyl adjacent to an activating group) is 1. The van der Waals surface area contributed by atoms with Crippen LogP contribution in [-0.2, 0) is 12.8 Å². The third kappa shape index (κ3) is 5.14. The summed E-state index contributed by atoms with van der Waals surface area (Å²) < 4.78 is 0. The maximum Gasteiger partial charge on any atom is 0.0441 e. The molecular weight excluding hydrogens is 280 g/mol. The Bertz CT molecular complexity index is 554. The van der Waals surface area contributed by atoms with Crippen LogP contribution in [0.5, 0.6) is 0 Å². The number of hydrogen-bond donors (Lipinski definition) is 1. The average molecular weight is 303 g/mol. The first-order valence-corrected chi connectivity index (χ1v) is 7.94. The van der Waals surface area contributed by atoms with Crippen LogP contribution < -0.4 is 5.32 Å². The molecule has 0 fully saturated rings. The number of halogens is 1. The molecule has 0 bridgehead atoms. The molecule has 0 aliphatic rings. The lowest BCUT2D eigenvalue weighted by molar-refractivity contribution is 0.491. The van der Waals surface area contributed by atoms with Crippen LogP contribution in [-0.4, -0.2) is 17.6 Å². The van der Waals surface area contributed by atoms with Gasteiger partial charge in [0.05, 0.1) is 0 Å². The minimum absolute atomic E-state index is 0.448. The number of aryl methyl sites for hydroxylation is 2. The Kier molecular flexibility index (Phi) is 6.21. The summed E-state index contributed by atoms with van der Waals surface area (Å²) in [7, 11) is 0. The molecule has 0 radical (unpaired) electrons. The Morgan fingerprint density at radius 1 is 1.19 bits per heavy atom. The zero-order chi connectivity index (χ0) is 15.1. The molecule has 1 aromatic carbocycles. The van der Waals surface area contributed by atoms with Crippen LogP contribution in [0.4, 0.5) is 0 Å². The molecule has 1 unspecified atom stereocenters. The van der Waals surface area contributed by atoms with E-state index in [0.29, 0.717) is 6.04 Å². The average Bonchev–Trinajstić information content (AvgIpc) is 2.49. The van der Waals surface area contributed by atoms with Crippen molar-refractivity contribution >= 4 is 11.6 Å². The van der Waals surface area contributed by atoms with E-state index in [4.69, 9.17) is 11.6 Å².